The third-order valence-corrected chi connectivity index (χ3v) is 1.96. The first-order chi connectivity index (χ1) is 6.81. The molecule has 1 aromatic carbocycles. The highest BCUT2D eigenvalue weighted by molar-refractivity contribution is 5.78. The summed E-state index contributed by atoms with van der Waals surface area (Å²) in [5.74, 6) is 0.724. The van der Waals surface area contributed by atoms with Crippen molar-refractivity contribution in [2.75, 3.05) is 0 Å². The Morgan fingerprint density at radius 3 is 2.50 bits per heavy atom. The maximum Gasteiger partial charge on any atom is 0.181 e. The minimum atomic E-state index is 0.724. The molecule has 0 aliphatic carbocycles. The fourth-order valence-corrected chi connectivity index (χ4v) is 1.20. The van der Waals surface area contributed by atoms with Crippen LogP contribution in [0.25, 0.3) is 11.4 Å². The Hall–Kier alpha value is -2.04. The molecule has 0 amide bonds. The molecule has 2 rings (SSSR count). The van der Waals surface area contributed by atoms with Gasteiger partial charge >= 0.3 is 0 Å². The summed E-state index contributed by atoms with van der Waals surface area (Å²) in [5.41, 5.74) is 1.81. The number of tetrazole rings is 1. The molecule has 5 nitrogen and oxygen atoms in total. The SMILES string of the molecule is Cn1nnnc1-c1ccc(C=N)cc1. The van der Waals surface area contributed by atoms with E-state index in [0.717, 1.165) is 17.0 Å². The lowest BCUT2D eigenvalue weighted by atomic mass is 10.1. The van der Waals surface area contributed by atoms with E-state index < -0.39 is 0 Å². The van der Waals surface area contributed by atoms with Gasteiger partial charge in [0.2, 0.25) is 0 Å². The summed E-state index contributed by atoms with van der Waals surface area (Å²) in [6.45, 7) is 0. The van der Waals surface area contributed by atoms with Crippen molar-refractivity contribution in [2.24, 2.45) is 7.05 Å². The molecule has 70 valence electrons. The predicted molar refractivity (Wildman–Crippen MR) is 52.1 cm³/mol. The zero-order valence-corrected chi connectivity index (χ0v) is 7.68. The molecule has 0 saturated heterocycles. The van der Waals surface area contributed by atoms with E-state index >= 15 is 0 Å². The van der Waals surface area contributed by atoms with Gasteiger partial charge in [0.05, 0.1) is 0 Å². The number of hydrogen-bond acceptors (Lipinski definition) is 4. The van der Waals surface area contributed by atoms with E-state index in [-0.39, 0.29) is 0 Å². The van der Waals surface area contributed by atoms with Crippen LogP contribution < -0.4 is 0 Å². The molecule has 1 heterocycles. The number of hydrogen-bond donors (Lipinski definition) is 1. The van der Waals surface area contributed by atoms with Crippen LogP contribution in [-0.4, -0.2) is 26.4 Å². The molecule has 0 aliphatic rings. The summed E-state index contributed by atoms with van der Waals surface area (Å²) in [4.78, 5) is 0. The molecular formula is C9H9N5. The van der Waals surface area contributed by atoms with E-state index in [1.165, 1.54) is 6.21 Å². The van der Waals surface area contributed by atoms with Gasteiger partial charge in [0, 0.05) is 18.8 Å². The van der Waals surface area contributed by atoms with Gasteiger partial charge in [-0.2, -0.15) is 0 Å². The number of nitrogens with one attached hydrogen (secondary N) is 1. The first-order valence-corrected chi connectivity index (χ1v) is 4.14. The van der Waals surface area contributed by atoms with Gasteiger partial charge in [-0.05, 0) is 16.0 Å². The normalized spacial score (nSPS) is 10.1. The first-order valence-electron chi connectivity index (χ1n) is 4.14. The standard InChI is InChI=1S/C9H9N5/c1-14-9(11-12-13-14)8-4-2-7(6-10)3-5-8/h2-6,10H,1H3. The largest absolute Gasteiger partial charge is 0.308 e. The Morgan fingerprint density at radius 1 is 1.29 bits per heavy atom. The monoisotopic (exact) mass is 187 g/mol. The number of rotatable bonds is 2. The third kappa shape index (κ3) is 1.39. The Morgan fingerprint density at radius 2 is 2.00 bits per heavy atom. The second-order valence-corrected chi connectivity index (χ2v) is 2.89. The minimum Gasteiger partial charge on any atom is -0.308 e. The van der Waals surface area contributed by atoms with Gasteiger partial charge in [-0.3, -0.25) is 0 Å². The van der Waals surface area contributed by atoms with Gasteiger partial charge in [0.15, 0.2) is 5.82 Å². The molecule has 2 aromatic rings. The molecule has 0 saturated carbocycles. The molecule has 1 aromatic heterocycles. The minimum absolute atomic E-state index is 0.724. The fourth-order valence-electron chi connectivity index (χ4n) is 1.20. The van der Waals surface area contributed by atoms with Crippen molar-refractivity contribution in [1.29, 1.82) is 5.41 Å². The van der Waals surface area contributed by atoms with E-state index in [0.29, 0.717) is 0 Å². The van der Waals surface area contributed by atoms with Crippen LogP contribution >= 0.6 is 0 Å². The number of nitrogens with zero attached hydrogens (tertiary/aromatic N) is 4. The molecule has 0 unspecified atom stereocenters. The summed E-state index contributed by atoms with van der Waals surface area (Å²) in [6.07, 6.45) is 1.30. The molecule has 0 aliphatic heterocycles. The van der Waals surface area contributed by atoms with E-state index in [4.69, 9.17) is 5.41 Å². The van der Waals surface area contributed by atoms with Crippen LogP contribution in [-0.2, 0) is 7.05 Å². The van der Waals surface area contributed by atoms with Gasteiger partial charge in [0.1, 0.15) is 0 Å². The summed E-state index contributed by atoms with van der Waals surface area (Å²) in [7, 11) is 1.79. The molecule has 0 spiro atoms. The molecule has 5 heteroatoms. The molecule has 1 N–H and O–H groups in total. The number of aromatic nitrogens is 4. The van der Waals surface area contributed by atoms with Gasteiger partial charge < -0.3 is 5.41 Å². The van der Waals surface area contributed by atoms with Crippen LogP contribution in [0.15, 0.2) is 24.3 Å². The molecule has 0 bridgehead atoms. The van der Waals surface area contributed by atoms with Crippen molar-refractivity contribution >= 4 is 6.21 Å². The van der Waals surface area contributed by atoms with E-state index in [9.17, 15) is 0 Å². The Bertz CT molecular complexity index is 442. The van der Waals surface area contributed by atoms with Crippen molar-refractivity contribution in [3.05, 3.63) is 29.8 Å². The second-order valence-electron chi connectivity index (χ2n) is 2.89. The molecular weight excluding hydrogens is 178 g/mol. The lowest BCUT2D eigenvalue weighted by molar-refractivity contribution is 0.714. The maximum absolute atomic E-state index is 7.06. The smallest absolute Gasteiger partial charge is 0.181 e. The van der Waals surface area contributed by atoms with Crippen LogP contribution in [0.3, 0.4) is 0 Å². The summed E-state index contributed by atoms with van der Waals surface area (Å²) in [5, 5.41) is 18.3. The average molecular weight is 187 g/mol. The van der Waals surface area contributed by atoms with E-state index in [2.05, 4.69) is 15.5 Å². The van der Waals surface area contributed by atoms with Crippen molar-refractivity contribution < 1.29 is 0 Å². The summed E-state index contributed by atoms with van der Waals surface area (Å²) < 4.78 is 1.61. The van der Waals surface area contributed by atoms with Crippen LogP contribution in [0.1, 0.15) is 5.56 Å². The Kier molecular flexibility index (Phi) is 2.06. The average Bonchev–Trinajstić information content (AvgIpc) is 2.65. The van der Waals surface area contributed by atoms with Gasteiger partial charge in [-0.15, -0.1) is 5.10 Å². The Labute approximate surface area is 80.9 Å². The zero-order chi connectivity index (χ0) is 9.97. The quantitative estimate of drug-likeness (QED) is 0.709. The topological polar surface area (TPSA) is 67.5 Å². The van der Waals surface area contributed by atoms with Gasteiger partial charge in [0.25, 0.3) is 0 Å². The van der Waals surface area contributed by atoms with Crippen molar-refractivity contribution in [1.82, 2.24) is 20.2 Å². The van der Waals surface area contributed by atoms with Crippen LogP contribution in [0, 0.1) is 5.41 Å². The van der Waals surface area contributed by atoms with E-state index in [1.54, 1.807) is 11.7 Å². The van der Waals surface area contributed by atoms with Crippen LogP contribution in [0.4, 0.5) is 0 Å². The number of benzene rings is 1. The molecule has 0 fully saturated rings. The predicted octanol–water partition coefficient (Wildman–Crippen LogP) is 0.875. The van der Waals surface area contributed by atoms with Gasteiger partial charge in [-0.1, -0.05) is 24.3 Å². The molecule has 0 atom stereocenters. The van der Waals surface area contributed by atoms with Crippen molar-refractivity contribution in [3.8, 4) is 11.4 Å². The number of aryl methyl sites for hydroxylation is 1. The summed E-state index contributed by atoms with van der Waals surface area (Å²) >= 11 is 0. The third-order valence-electron chi connectivity index (χ3n) is 1.96. The fraction of sp³-hybridized carbons (Fsp3) is 0.111. The Balaban J connectivity index is 2.43. The van der Waals surface area contributed by atoms with Crippen LogP contribution in [0.5, 0.6) is 0 Å². The van der Waals surface area contributed by atoms with Crippen molar-refractivity contribution in [3.63, 3.8) is 0 Å². The first kappa shape index (κ1) is 8.55. The van der Waals surface area contributed by atoms with Gasteiger partial charge in [-0.25, -0.2) is 4.68 Å². The zero-order valence-electron chi connectivity index (χ0n) is 7.68. The summed E-state index contributed by atoms with van der Waals surface area (Å²) in [6, 6.07) is 7.51. The maximum atomic E-state index is 7.06. The molecule has 14 heavy (non-hydrogen) atoms. The second kappa shape index (κ2) is 3.37. The van der Waals surface area contributed by atoms with Crippen LogP contribution in [0.2, 0.25) is 0 Å². The van der Waals surface area contributed by atoms with E-state index in [1.807, 2.05) is 24.3 Å². The highest BCUT2D eigenvalue weighted by Crippen LogP contribution is 2.14. The molecule has 0 radical (unpaired) electrons. The van der Waals surface area contributed by atoms with Crippen molar-refractivity contribution in [2.45, 2.75) is 0 Å². The lowest BCUT2D eigenvalue weighted by Crippen LogP contribution is -1.94. The lowest BCUT2D eigenvalue weighted by Gasteiger charge is -1.98. The highest BCUT2D eigenvalue weighted by atomic mass is 15.5. The highest BCUT2D eigenvalue weighted by Gasteiger charge is 2.04.